The van der Waals surface area contributed by atoms with Crippen LogP contribution in [0.1, 0.15) is 44.9 Å². The molecule has 3 heteroatoms. The summed E-state index contributed by atoms with van der Waals surface area (Å²) in [5.74, 6) is 0.792. The van der Waals surface area contributed by atoms with Crippen LogP contribution in [0.5, 0.6) is 0 Å². The molecule has 3 aliphatic rings. The van der Waals surface area contributed by atoms with Crippen molar-refractivity contribution in [3.05, 3.63) is 12.7 Å². The molecular weight excluding hydrogens is 226 g/mol. The predicted molar refractivity (Wildman–Crippen MR) is 68.9 cm³/mol. The lowest BCUT2D eigenvalue weighted by Gasteiger charge is -2.54. The SMILES string of the molecule is C=CCC12CCCC(C1=O)C1CCCC(=O)N1C2. The van der Waals surface area contributed by atoms with Gasteiger partial charge in [0.2, 0.25) is 5.91 Å². The first-order valence-corrected chi connectivity index (χ1v) is 7.13. The van der Waals surface area contributed by atoms with Crippen molar-refractivity contribution in [2.75, 3.05) is 6.54 Å². The van der Waals surface area contributed by atoms with Crippen molar-refractivity contribution in [1.29, 1.82) is 0 Å². The number of ketones is 1. The van der Waals surface area contributed by atoms with Crippen LogP contribution in [-0.4, -0.2) is 29.2 Å². The lowest BCUT2D eigenvalue weighted by atomic mass is 9.60. The van der Waals surface area contributed by atoms with Gasteiger partial charge in [0.1, 0.15) is 5.78 Å². The van der Waals surface area contributed by atoms with Crippen molar-refractivity contribution in [3.63, 3.8) is 0 Å². The fourth-order valence-electron chi connectivity index (χ4n) is 4.27. The first-order chi connectivity index (χ1) is 8.68. The van der Waals surface area contributed by atoms with Gasteiger partial charge in [-0.05, 0) is 32.1 Å². The molecule has 0 radical (unpaired) electrons. The molecule has 2 heterocycles. The van der Waals surface area contributed by atoms with Gasteiger partial charge in [-0.25, -0.2) is 0 Å². The minimum absolute atomic E-state index is 0.108. The fraction of sp³-hybridized carbons (Fsp3) is 0.733. The van der Waals surface area contributed by atoms with Gasteiger partial charge in [-0.2, -0.15) is 0 Å². The Balaban J connectivity index is 1.96. The predicted octanol–water partition coefficient (Wildman–Crippen LogP) is 2.31. The molecule has 2 aliphatic heterocycles. The normalized spacial score (nSPS) is 39.4. The third-order valence-corrected chi connectivity index (χ3v) is 5.11. The van der Waals surface area contributed by atoms with Gasteiger partial charge in [0.15, 0.2) is 0 Å². The van der Waals surface area contributed by atoms with E-state index in [9.17, 15) is 9.59 Å². The molecule has 98 valence electrons. The number of nitrogens with zero attached hydrogens (tertiary/aromatic N) is 1. The molecule has 2 bridgehead atoms. The molecule has 18 heavy (non-hydrogen) atoms. The number of carbonyl (C=O) groups is 2. The molecular formula is C15H21NO2. The minimum Gasteiger partial charge on any atom is -0.338 e. The molecule has 3 fully saturated rings. The van der Waals surface area contributed by atoms with Crippen molar-refractivity contribution in [2.24, 2.45) is 11.3 Å². The zero-order chi connectivity index (χ0) is 12.8. The summed E-state index contributed by atoms with van der Waals surface area (Å²) < 4.78 is 0. The van der Waals surface area contributed by atoms with E-state index >= 15 is 0 Å². The van der Waals surface area contributed by atoms with Crippen LogP contribution in [0, 0.1) is 11.3 Å². The summed E-state index contributed by atoms with van der Waals surface area (Å²) in [6.07, 6.45) is 8.28. The fourth-order valence-corrected chi connectivity index (χ4v) is 4.27. The molecule has 0 N–H and O–H groups in total. The Morgan fingerprint density at radius 3 is 2.94 bits per heavy atom. The second-order valence-electron chi connectivity index (χ2n) is 6.12. The van der Waals surface area contributed by atoms with Crippen LogP contribution < -0.4 is 0 Å². The average Bonchev–Trinajstić information content (AvgIpc) is 2.33. The Bertz CT molecular complexity index is 401. The summed E-state index contributed by atoms with van der Waals surface area (Å²) >= 11 is 0. The number of Topliss-reactive ketones (excluding diaryl/α,β-unsaturated/α-hetero) is 1. The van der Waals surface area contributed by atoms with E-state index in [1.54, 1.807) is 0 Å². The van der Waals surface area contributed by atoms with Gasteiger partial charge in [-0.1, -0.05) is 12.5 Å². The molecule has 0 aromatic carbocycles. The third kappa shape index (κ3) is 1.56. The lowest BCUT2D eigenvalue weighted by molar-refractivity contribution is -0.160. The molecule has 2 saturated heterocycles. The number of carbonyl (C=O) groups excluding carboxylic acids is 2. The second kappa shape index (κ2) is 4.22. The van der Waals surface area contributed by atoms with E-state index in [-0.39, 0.29) is 23.3 Å². The highest BCUT2D eigenvalue weighted by atomic mass is 16.2. The second-order valence-corrected chi connectivity index (χ2v) is 6.12. The number of allylic oxidation sites excluding steroid dienone is 1. The maximum atomic E-state index is 12.7. The van der Waals surface area contributed by atoms with Crippen LogP contribution in [0.25, 0.3) is 0 Å². The van der Waals surface area contributed by atoms with Crippen LogP contribution in [0.3, 0.4) is 0 Å². The number of amides is 1. The Morgan fingerprint density at radius 2 is 2.17 bits per heavy atom. The van der Waals surface area contributed by atoms with Crippen molar-refractivity contribution in [1.82, 2.24) is 4.90 Å². The highest BCUT2D eigenvalue weighted by Crippen LogP contribution is 2.48. The summed E-state index contributed by atoms with van der Waals surface area (Å²) in [4.78, 5) is 26.8. The highest BCUT2D eigenvalue weighted by Gasteiger charge is 2.54. The van der Waals surface area contributed by atoms with E-state index in [1.807, 2.05) is 11.0 Å². The van der Waals surface area contributed by atoms with Gasteiger partial charge in [0.25, 0.3) is 0 Å². The van der Waals surface area contributed by atoms with Gasteiger partial charge < -0.3 is 4.90 Å². The number of fused-ring (bicyclic) bond motifs is 4. The van der Waals surface area contributed by atoms with Gasteiger partial charge in [-0.15, -0.1) is 6.58 Å². The first kappa shape index (κ1) is 11.9. The van der Waals surface area contributed by atoms with Gasteiger partial charge in [0.05, 0.1) is 5.41 Å². The molecule has 0 aromatic heterocycles. The molecule has 0 spiro atoms. The van der Waals surface area contributed by atoms with Crippen LogP contribution in [0.15, 0.2) is 12.7 Å². The molecule has 1 saturated carbocycles. The van der Waals surface area contributed by atoms with Gasteiger partial charge >= 0.3 is 0 Å². The molecule has 3 atom stereocenters. The van der Waals surface area contributed by atoms with Crippen LogP contribution >= 0.6 is 0 Å². The maximum Gasteiger partial charge on any atom is 0.222 e. The molecule has 0 aromatic rings. The van der Waals surface area contributed by atoms with E-state index in [2.05, 4.69) is 6.58 Å². The van der Waals surface area contributed by atoms with Crippen LogP contribution in [-0.2, 0) is 9.59 Å². The van der Waals surface area contributed by atoms with E-state index in [4.69, 9.17) is 0 Å². The molecule has 3 unspecified atom stereocenters. The zero-order valence-electron chi connectivity index (χ0n) is 10.9. The van der Waals surface area contributed by atoms with E-state index in [0.29, 0.717) is 18.7 Å². The Labute approximate surface area is 108 Å². The van der Waals surface area contributed by atoms with Crippen molar-refractivity contribution in [3.8, 4) is 0 Å². The number of piperidine rings is 2. The topological polar surface area (TPSA) is 37.4 Å². The van der Waals surface area contributed by atoms with Gasteiger partial charge in [0, 0.05) is 24.9 Å². The monoisotopic (exact) mass is 247 g/mol. The standard InChI is InChI=1S/C15H21NO2/c1-2-8-15-9-4-5-11(14(15)18)12-6-3-7-13(17)16(12)10-15/h2,11-12H,1,3-10H2. The maximum absolute atomic E-state index is 12.7. The first-order valence-electron chi connectivity index (χ1n) is 7.13. The molecule has 3 nitrogen and oxygen atoms in total. The summed E-state index contributed by atoms with van der Waals surface area (Å²) in [5, 5.41) is 0. The van der Waals surface area contributed by atoms with E-state index in [1.165, 1.54) is 0 Å². The van der Waals surface area contributed by atoms with Crippen molar-refractivity contribution in [2.45, 2.75) is 51.0 Å². The number of hydrogen-bond acceptors (Lipinski definition) is 2. The van der Waals surface area contributed by atoms with E-state index < -0.39 is 0 Å². The quantitative estimate of drug-likeness (QED) is 0.702. The average molecular weight is 247 g/mol. The smallest absolute Gasteiger partial charge is 0.222 e. The molecule has 1 amide bonds. The Hall–Kier alpha value is -1.12. The van der Waals surface area contributed by atoms with Gasteiger partial charge in [-0.3, -0.25) is 9.59 Å². The number of rotatable bonds is 2. The Morgan fingerprint density at radius 1 is 1.33 bits per heavy atom. The molecule has 1 aliphatic carbocycles. The minimum atomic E-state index is -0.297. The largest absolute Gasteiger partial charge is 0.338 e. The summed E-state index contributed by atoms with van der Waals surface area (Å²) in [5.41, 5.74) is -0.297. The van der Waals surface area contributed by atoms with Crippen molar-refractivity contribution >= 4 is 11.7 Å². The van der Waals surface area contributed by atoms with Crippen LogP contribution in [0.2, 0.25) is 0 Å². The summed E-state index contributed by atoms with van der Waals surface area (Å²) in [6.45, 7) is 4.45. The summed E-state index contributed by atoms with van der Waals surface area (Å²) in [7, 11) is 0. The third-order valence-electron chi connectivity index (χ3n) is 5.11. The van der Waals surface area contributed by atoms with E-state index in [0.717, 1.165) is 38.5 Å². The van der Waals surface area contributed by atoms with Crippen LogP contribution in [0.4, 0.5) is 0 Å². The lowest BCUT2D eigenvalue weighted by Crippen LogP contribution is -2.63. The van der Waals surface area contributed by atoms with Crippen molar-refractivity contribution < 1.29 is 9.59 Å². The number of hydrogen-bond donors (Lipinski definition) is 0. The molecule has 3 rings (SSSR count). The Kier molecular flexibility index (Phi) is 2.80. The summed E-state index contributed by atoms with van der Waals surface area (Å²) in [6, 6.07) is 0.206. The highest BCUT2D eigenvalue weighted by molar-refractivity contribution is 5.92. The zero-order valence-corrected chi connectivity index (χ0v) is 10.9.